The Balaban J connectivity index is 1.83. The summed E-state index contributed by atoms with van der Waals surface area (Å²) in [6, 6.07) is 45.3. The van der Waals surface area contributed by atoms with Gasteiger partial charge in [0.1, 0.15) is 0 Å². The molecule has 5 aromatic rings. The quantitative estimate of drug-likeness (QED) is 0.257. The van der Waals surface area contributed by atoms with E-state index in [-0.39, 0.29) is 0 Å². The summed E-state index contributed by atoms with van der Waals surface area (Å²) in [4.78, 5) is 5.08. The van der Waals surface area contributed by atoms with Gasteiger partial charge in [0.15, 0.2) is 0 Å². The number of nitrogens with zero attached hydrogens (tertiary/aromatic N) is 1. The van der Waals surface area contributed by atoms with Crippen molar-refractivity contribution in [3.63, 3.8) is 0 Å². The number of rotatable bonds is 5. The van der Waals surface area contributed by atoms with E-state index in [2.05, 4.69) is 143 Å². The Bertz CT molecular complexity index is 1220. The van der Waals surface area contributed by atoms with E-state index < -0.39 is 5.31 Å². The molecule has 0 radical (unpaired) electrons. The third-order valence-electron chi connectivity index (χ3n) is 6.00. The number of halogens is 1. The van der Waals surface area contributed by atoms with E-state index in [9.17, 15) is 0 Å². The Kier molecular flexibility index (Phi) is 5.22. The molecule has 5 rings (SSSR count). The normalized spacial score (nSPS) is 12.9. The molecule has 3 heteroatoms. The van der Waals surface area contributed by atoms with Crippen molar-refractivity contribution in [1.82, 2.24) is 4.98 Å². The standard InChI is InChI=1S/C28H23BrNP/c29-31(25-13-4-1-5-14-25,26-15-6-2-7-16-26,27-17-8-3-9-18-27)22-24-21-20-23-12-10-11-19-28(23)30-24/h1-21H,22H2. The van der Waals surface area contributed by atoms with Crippen LogP contribution in [0.1, 0.15) is 5.69 Å². The van der Waals surface area contributed by atoms with E-state index in [0.717, 1.165) is 17.4 Å². The van der Waals surface area contributed by atoms with Gasteiger partial charge in [0, 0.05) is 0 Å². The molecule has 31 heavy (non-hydrogen) atoms. The van der Waals surface area contributed by atoms with Crippen molar-refractivity contribution in [3.05, 3.63) is 133 Å². The number of fused-ring (bicyclic) bond motifs is 1. The second kappa shape index (κ2) is 8.04. The van der Waals surface area contributed by atoms with Crippen LogP contribution in [0.15, 0.2) is 127 Å². The van der Waals surface area contributed by atoms with E-state index in [0.29, 0.717) is 0 Å². The zero-order chi connectivity index (χ0) is 21.2. The van der Waals surface area contributed by atoms with Crippen LogP contribution in [0, 0.1) is 0 Å². The van der Waals surface area contributed by atoms with E-state index in [1.165, 1.54) is 21.3 Å². The first-order valence-electron chi connectivity index (χ1n) is 10.4. The summed E-state index contributed by atoms with van der Waals surface area (Å²) in [6.45, 7) is 0. The molecule has 1 nitrogen and oxygen atoms in total. The third kappa shape index (κ3) is 3.41. The summed E-state index contributed by atoms with van der Waals surface area (Å²) in [5, 5.41) is 2.07. The summed E-state index contributed by atoms with van der Waals surface area (Å²) in [5.41, 5.74) is 2.12. The molecule has 0 aliphatic heterocycles. The van der Waals surface area contributed by atoms with Gasteiger partial charge in [-0.2, -0.15) is 0 Å². The van der Waals surface area contributed by atoms with Crippen molar-refractivity contribution in [1.29, 1.82) is 0 Å². The predicted molar refractivity (Wildman–Crippen MR) is 140 cm³/mol. The first-order valence-corrected chi connectivity index (χ1v) is 14.9. The van der Waals surface area contributed by atoms with Crippen molar-refractivity contribution in [2.24, 2.45) is 0 Å². The molecule has 0 aliphatic rings. The second-order valence-corrected chi connectivity index (χ2v) is 16.8. The van der Waals surface area contributed by atoms with Gasteiger partial charge in [-0.25, -0.2) is 0 Å². The minimum atomic E-state index is -3.02. The van der Waals surface area contributed by atoms with Crippen molar-refractivity contribution in [2.45, 2.75) is 6.16 Å². The topological polar surface area (TPSA) is 12.9 Å². The fourth-order valence-corrected chi connectivity index (χ4v) is 11.9. The molecule has 0 N–H and O–H groups in total. The van der Waals surface area contributed by atoms with Crippen molar-refractivity contribution in [3.8, 4) is 0 Å². The van der Waals surface area contributed by atoms with Crippen molar-refractivity contribution < 1.29 is 0 Å². The summed E-state index contributed by atoms with van der Waals surface area (Å²) in [7, 11) is 0. The summed E-state index contributed by atoms with van der Waals surface area (Å²) in [6.07, 6.45) is 0.800. The van der Waals surface area contributed by atoms with Crippen LogP contribution >= 0.6 is 20.8 Å². The Labute approximate surface area is 191 Å². The predicted octanol–water partition coefficient (Wildman–Crippen LogP) is 6.57. The zero-order valence-corrected chi connectivity index (χ0v) is 19.6. The molecule has 0 saturated carbocycles. The average Bonchev–Trinajstić information content (AvgIpc) is 2.86. The maximum absolute atomic E-state index is 5.08. The fraction of sp³-hybridized carbons (Fsp3) is 0.0357. The number of aromatic nitrogens is 1. The SMILES string of the molecule is BrP(Cc1ccc2ccccc2n1)(c1ccccc1)(c1ccccc1)c1ccccc1. The first kappa shape index (κ1) is 20.1. The van der Waals surface area contributed by atoms with Gasteiger partial charge in [-0.05, 0) is 0 Å². The number of benzene rings is 4. The van der Waals surface area contributed by atoms with Crippen LogP contribution in [0.5, 0.6) is 0 Å². The van der Waals surface area contributed by atoms with Gasteiger partial charge in [0.25, 0.3) is 0 Å². The molecule has 1 aromatic heterocycles. The summed E-state index contributed by atoms with van der Waals surface area (Å²) < 4.78 is 0. The second-order valence-electron chi connectivity index (χ2n) is 7.84. The molecule has 0 amide bonds. The Hall–Kier alpha value is -2.80. The molecule has 0 unspecified atom stereocenters. The number of hydrogen-bond donors (Lipinski definition) is 0. The molecular weight excluding hydrogens is 461 g/mol. The Morgan fingerprint density at radius 1 is 0.516 bits per heavy atom. The molecule has 0 saturated heterocycles. The van der Waals surface area contributed by atoms with Gasteiger partial charge < -0.3 is 0 Å². The zero-order valence-electron chi connectivity index (χ0n) is 17.1. The monoisotopic (exact) mass is 483 g/mol. The molecule has 152 valence electrons. The van der Waals surface area contributed by atoms with E-state index >= 15 is 0 Å². The molecule has 0 atom stereocenters. The number of pyridine rings is 1. The summed E-state index contributed by atoms with van der Waals surface area (Å²) in [5.74, 6) is 0. The molecule has 0 fully saturated rings. The molecular formula is C28H23BrNP. The minimum absolute atomic E-state index is 0.800. The van der Waals surface area contributed by atoms with Gasteiger partial charge >= 0.3 is 192 Å². The van der Waals surface area contributed by atoms with Crippen LogP contribution in [-0.4, -0.2) is 4.98 Å². The van der Waals surface area contributed by atoms with Crippen LogP contribution in [0.2, 0.25) is 0 Å². The van der Waals surface area contributed by atoms with Crippen LogP contribution in [-0.2, 0) is 6.16 Å². The van der Waals surface area contributed by atoms with Gasteiger partial charge in [-0.3, -0.25) is 0 Å². The Morgan fingerprint density at radius 2 is 0.968 bits per heavy atom. The van der Waals surface area contributed by atoms with Crippen molar-refractivity contribution >= 4 is 47.6 Å². The number of para-hydroxylation sites is 1. The van der Waals surface area contributed by atoms with Gasteiger partial charge in [0.2, 0.25) is 0 Å². The first-order chi connectivity index (χ1) is 15.2. The van der Waals surface area contributed by atoms with Crippen LogP contribution in [0.3, 0.4) is 0 Å². The van der Waals surface area contributed by atoms with Crippen LogP contribution < -0.4 is 15.9 Å². The van der Waals surface area contributed by atoms with E-state index in [4.69, 9.17) is 4.98 Å². The van der Waals surface area contributed by atoms with E-state index in [1.54, 1.807) is 0 Å². The van der Waals surface area contributed by atoms with Gasteiger partial charge in [-0.1, -0.05) is 0 Å². The third-order valence-corrected chi connectivity index (χ3v) is 15.5. The molecule has 0 bridgehead atoms. The molecule has 4 aromatic carbocycles. The fourth-order valence-electron chi connectivity index (χ4n) is 4.44. The van der Waals surface area contributed by atoms with E-state index in [1.807, 2.05) is 0 Å². The van der Waals surface area contributed by atoms with Gasteiger partial charge in [-0.15, -0.1) is 0 Å². The summed E-state index contributed by atoms with van der Waals surface area (Å²) >= 11 is 4.51. The van der Waals surface area contributed by atoms with Gasteiger partial charge in [0.05, 0.1) is 0 Å². The van der Waals surface area contributed by atoms with Crippen molar-refractivity contribution in [2.75, 3.05) is 0 Å². The number of hydrogen-bond acceptors (Lipinski definition) is 1. The molecule has 0 aliphatic carbocycles. The molecule has 1 heterocycles. The maximum atomic E-state index is 5.08. The van der Waals surface area contributed by atoms with Crippen LogP contribution in [0.25, 0.3) is 10.9 Å². The Morgan fingerprint density at radius 3 is 1.48 bits per heavy atom. The van der Waals surface area contributed by atoms with Crippen LogP contribution in [0.4, 0.5) is 0 Å². The average molecular weight is 484 g/mol. The molecule has 0 spiro atoms.